The van der Waals surface area contributed by atoms with Crippen LogP contribution in [0.3, 0.4) is 0 Å². The van der Waals surface area contributed by atoms with Crippen LogP contribution in [0.4, 0.5) is 5.13 Å². The Bertz CT molecular complexity index is 684. The zero-order chi connectivity index (χ0) is 18.5. The number of carbonyl (C=O) groups excluding carboxylic acids is 3. The van der Waals surface area contributed by atoms with Gasteiger partial charge in [0.1, 0.15) is 0 Å². The maximum atomic E-state index is 12.4. The van der Waals surface area contributed by atoms with Crippen LogP contribution >= 0.6 is 11.3 Å². The van der Waals surface area contributed by atoms with Gasteiger partial charge in [0.05, 0.1) is 16.5 Å². The predicted molar refractivity (Wildman–Crippen MR) is 98.3 cm³/mol. The summed E-state index contributed by atoms with van der Waals surface area (Å²) in [5.74, 6) is -0.518. The van der Waals surface area contributed by atoms with Crippen LogP contribution in [0.5, 0.6) is 0 Å². The minimum Gasteiger partial charge on any atom is -0.382 e. The number of carbonyl (C=O) groups is 3. The fourth-order valence-corrected chi connectivity index (χ4v) is 4.07. The maximum absolute atomic E-state index is 12.4. The molecule has 0 aromatic carbocycles. The predicted octanol–water partition coefficient (Wildman–Crippen LogP) is 2.17. The number of Topliss-reactive ketones (excluding diaryl/α,β-unsaturated/α-hetero) is 1. The molecule has 2 amide bonds. The second-order valence-electron chi connectivity index (χ2n) is 6.78. The van der Waals surface area contributed by atoms with Crippen LogP contribution in [-0.4, -0.2) is 42.3 Å². The number of aromatic nitrogens is 1. The second kappa shape index (κ2) is 8.73. The van der Waals surface area contributed by atoms with Gasteiger partial charge in [0.25, 0.3) is 0 Å². The number of rotatable bonds is 8. The minimum atomic E-state index is -0.389. The number of amides is 2. The lowest BCUT2D eigenvalue weighted by Crippen LogP contribution is -2.36. The quantitative estimate of drug-likeness (QED) is 0.675. The van der Waals surface area contributed by atoms with Gasteiger partial charge in [-0.2, -0.15) is 0 Å². The molecular formula is C18H25N3O4S. The second-order valence-corrected chi connectivity index (χ2v) is 7.78. The Morgan fingerprint density at radius 3 is 2.73 bits per heavy atom. The lowest BCUT2D eigenvalue weighted by Gasteiger charge is -2.23. The van der Waals surface area contributed by atoms with Crippen LogP contribution in [0.25, 0.3) is 0 Å². The van der Waals surface area contributed by atoms with Gasteiger partial charge in [-0.3, -0.25) is 14.4 Å². The third-order valence-electron chi connectivity index (χ3n) is 4.87. The molecule has 142 valence electrons. The Hall–Kier alpha value is -1.80. The van der Waals surface area contributed by atoms with Gasteiger partial charge >= 0.3 is 0 Å². The molecule has 8 heteroatoms. The van der Waals surface area contributed by atoms with Crippen molar-refractivity contribution in [2.45, 2.75) is 45.4 Å². The van der Waals surface area contributed by atoms with E-state index >= 15 is 0 Å². The first kappa shape index (κ1) is 19.0. The monoisotopic (exact) mass is 379 g/mol. The summed E-state index contributed by atoms with van der Waals surface area (Å²) in [6.45, 7) is 3.74. The maximum Gasteiger partial charge on any atom is 0.229 e. The highest BCUT2D eigenvalue weighted by atomic mass is 32.1. The van der Waals surface area contributed by atoms with Crippen LogP contribution in [0.15, 0.2) is 0 Å². The molecule has 1 fully saturated rings. The highest BCUT2D eigenvalue weighted by Crippen LogP contribution is 2.34. The first-order valence-electron chi connectivity index (χ1n) is 9.27. The third-order valence-corrected chi connectivity index (χ3v) is 5.92. The van der Waals surface area contributed by atoms with E-state index in [1.165, 1.54) is 11.3 Å². The van der Waals surface area contributed by atoms with Crippen LogP contribution in [0, 0.1) is 11.8 Å². The molecule has 2 N–H and O–H groups in total. The topological polar surface area (TPSA) is 97.4 Å². The molecule has 1 unspecified atom stereocenters. The smallest absolute Gasteiger partial charge is 0.229 e. The molecule has 0 aliphatic heterocycles. The number of hydrogen-bond donors (Lipinski definition) is 2. The van der Waals surface area contributed by atoms with E-state index in [-0.39, 0.29) is 35.9 Å². The van der Waals surface area contributed by atoms with Crippen molar-refractivity contribution in [2.24, 2.45) is 11.8 Å². The third kappa shape index (κ3) is 4.48. The van der Waals surface area contributed by atoms with Gasteiger partial charge in [-0.15, -0.1) is 0 Å². The number of fused-ring (bicyclic) bond motifs is 1. The molecule has 2 aliphatic carbocycles. The van der Waals surface area contributed by atoms with Crippen molar-refractivity contribution in [1.29, 1.82) is 0 Å². The zero-order valence-electron chi connectivity index (χ0n) is 15.0. The van der Waals surface area contributed by atoms with Crippen molar-refractivity contribution >= 4 is 34.1 Å². The molecule has 2 aliphatic rings. The molecule has 1 aromatic rings. The van der Waals surface area contributed by atoms with Crippen LogP contribution in [0.2, 0.25) is 0 Å². The SMILES string of the molecule is CCOCCCNC(=O)C1CC(=O)c2sc(NC(=O)C3CCC3)nc2C1. The first-order valence-corrected chi connectivity index (χ1v) is 10.1. The fourth-order valence-electron chi connectivity index (χ4n) is 3.12. The van der Waals surface area contributed by atoms with Crippen molar-refractivity contribution in [3.63, 3.8) is 0 Å². The van der Waals surface area contributed by atoms with Gasteiger partial charge in [0, 0.05) is 38.5 Å². The van der Waals surface area contributed by atoms with Gasteiger partial charge in [-0.1, -0.05) is 17.8 Å². The van der Waals surface area contributed by atoms with E-state index in [0.29, 0.717) is 41.9 Å². The Kier molecular flexibility index (Phi) is 6.37. The van der Waals surface area contributed by atoms with Crippen molar-refractivity contribution in [3.05, 3.63) is 10.6 Å². The number of hydrogen-bond acceptors (Lipinski definition) is 6. The molecule has 1 heterocycles. The van der Waals surface area contributed by atoms with Crippen LogP contribution in [0.1, 0.15) is 54.4 Å². The van der Waals surface area contributed by atoms with Gasteiger partial charge in [-0.05, 0) is 26.2 Å². The average molecular weight is 379 g/mol. The Balaban J connectivity index is 1.54. The number of ketones is 1. The number of anilines is 1. The molecule has 1 saturated carbocycles. The van der Waals surface area contributed by atoms with E-state index in [1.807, 2.05) is 6.92 Å². The van der Waals surface area contributed by atoms with Crippen molar-refractivity contribution < 1.29 is 19.1 Å². The molecule has 1 atom stereocenters. The zero-order valence-corrected chi connectivity index (χ0v) is 15.8. The summed E-state index contributed by atoms with van der Waals surface area (Å²) in [6.07, 6.45) is 4.31. The van der Waals surface area contributed by atoms with Gasteiger partial charge in [0.15, 0.2) is 10.9 Å². The van der Waals surface area contributed by atoms with Crippen molar-refractivity contribution in [1.82, 2.24) is 10.3 Å². The summed E-state index contributed by atoms with van der Waals surface area (Å²) < 4.78 is 5.24. The molecule has 1 aromatic heterocycles. The number of ether oxygens (including phenoxy) is 1. The minimum absolute atomic E-state index is 0.0154. The Labute approximate surface area is 156 Å². The van der Waals surface area contributed by atoms with E-state index in [1.54, 1.807) is 0 Å². The van der Waals surface area contributed by atoms with E-state index in [4.69, 9.17) is 4.74 Å². The average Bonchev–Trinajstić information content (AvgIpc) is 2.95. The molecule has 3 rings (SSSR count). The number of thiazole rings is 1. The summed E-state index contributed by atoms with van der Waals surface area (Å²) in [5.41, 5.74) is 0.629. The summed E-state index contributed by atoms with van der Waals surface area (Å²) in [4.78, 5) is 41.7. The van der Waals surface area contributed by atoms with Gasteiger partial charge in [-0.25, -0.2) is 4.98 Å². The summed E-state index contributed by atoms with van der Waals surface area (Å²) in [5, 5.41) is 6.16. The lowest BCUT2D eigenvalue weighted by molar-refractivity contribution is -0.125. The van der Waals surface area contributed by atoms with Gasteiger partial charge < -0.3 is 15.4 Å². The molecule has 7 nitrogen and oxygen atoms in total. The largest absolute Gasteiger partial charge is 0.382 e. The lowest BCUT2D eigenvalue weighted by atomic mass is 9.85. The molecule has 0 saturated heterocycles. The van der Waals surface area contributed by atoms with E-state index < -0.39 is 0 Å². The summed E-state index contributed by atoms with van der Waals surface area (Å²) in [7, 11) is 0. The van der Waals surface area contributed by atoms with Crippen LogP contribution < -0.4 is 10.6 Å². The van der Waals surface area contributed by atoms with Crippen molar-refractivity contribution in [2.75, 3.05) is 25.1 Å². The van der Waals surface area contributed by atoms with E-state index in [2.05, 4.69) is 15.6 Å². The summed E-state index contributed by atoms with van der Waals surface area (Å²) in [6, 6.07) is 0. The van der Waals surface area contributed by atoms with Gasteiger partial charge in [0.2, 0.25) is 11.8 Å². The molecule has 26 heavy (non-hydrogen) atoms. The molecule has 0 radical (unpaired) electrons. The van der Waals surface area contributed by atoms with Crippen molar-refractivity contribution in [3.8, 4) is 0 Å². The molecule has 0 bridgehead atoms. The highest BCUT2D eigenvalue weighted by molar-refractivity contribution is 7.17. The first-order chi connectivity index (χ1) is 12.6. The highest BCUT2D eigenvalue weighted by Gasteiger charge is 2.33. The molecular weight excluding hydrogens is 354 g/mol. The fraction of sp³-hybridized carbons (Fsp3) is 0.667. The molecule has 0 spiro atoms. The summed E-state index contributed by atoms with van der Waals surface area (Å²) >= 11 is 1.22. The van der Waals surface area contributed by atoms with E-state index in [0.717, 1.165) is 25.7 Å². The Morgan fingerprint density at radius 2 is 2.04 bits per heavy atom. The standard InChI is InChI=1S/C18H25N3O4S/c1-2-25-8-4-7-19-16(23)12-9-13-15(14(22)10-12)26-18(20-13)21-17(24)11-5-3-6-11/h11-12H,2-10H2,1H3,(H,19,23)(H,20,21,24). The van der Waals surface area contributed by atoms with E-state index in [9.17, 15) is 14.4 Å². The number of nitrogens with one attached hydrogen (secondary N) is 2. The van der Waals surface area contributed by atoms with Crippen LogP contribution in [-0.2, 0) is 20.7 Å². The normalized spacial score (nSPS) is 19.6. The Morgan fingerprint density at radius 1 is 1.23 bits per heavy atom. The number of nitrogens with zero attached hydrogens (tertiary/aromatic N) is 1.